The molecule has 1 aromatic heterocycles. The van der Waals surface area contributed by atoms with Crippen LogP contribution >= 0.6 is 0 Å². The van der Waals surface area contributed by atoms with Crippen LogP contribution in [0, 0.1) is 0 Å². The van der Waals surface area contributed by atoms with E-state index in [0.29, 0.717) is 0 Å². The molecular weight excluding hydrogens is 268 g/mol. The summed E-state index contributed by atoms with van der Waals surface area (Å²) in [7, 11) is 1.97. The molecule has 0 spiro atoms. The summed E-state index contributed by atoms with van der Waals surface area (Å²) < 4.78 is 1.92. The van der Waals surface area contributed by atoms with Gasteiger partial charge in [-0.3, -0.25) is 19.3 Å². The van der Waals surface area contributed by atoms with E-state index in [1.807, 2.05) is 28.8 Å². The smallest absolute Gasteiger partial charge is 0.317 e. The third kappa shape index (κ3) is 3.06. The van der Waals surface area contributed by atoms with Gasteiger partial charge in [-0.2, -0.15) is 5.10 Å². The number of nitrogens with zero attached hydrogens (tertiary/aromatic N) is 4. The van der Waals surface area contributed by atoms with Crippen molar-refractivity contribution in [2.24, 2.45) is 7.05 Å². The maximum atomic E-state index is 10.7. The minimum absolute atomic E-state index is 0.139. The second-order valence-electron chi connectivity index (χ2n) is 5.53. The summed E-state index contributed by atoms with van der Waals surface area (Å²) >= 11 is 0. The Labute approximate surface area is 123 Å². The molecule has 1 N–H and O–H groups in total. The quantitative estimate of drug-likeness (QED) is 0.900. The van der Waals surface area contributed by atoms with Gasteiger partial charge in [0.1, 0.15) is 0 Å². The zero-order valence-corrected chi connectivity index (χ0v) is 12.2. The summed E-state index contributed by atoms with van der Waals surface area (Å²) in [6.45, 7) is 4.34. The van der Waals surface area contributed by atoms with Crippen LogP contribution in [0.2, 0.25) is 0 Å². The first kappa shape index (κ1) is 14.0. The molecule has 2 aromatic rings. The number of aryl methyl sites for hydroxylation is 1. The predicted molar refractivity (Wildman–Crippen MR) is 80.1 cm³/mol. The highest BCUT2D eigenvalue weighted by Gasteiger charge is 2.20. The summed E-state index contributed by atoms with van der Waals surface area (Å²) in [4.78, 5) is 15.0. The van der Waals surface area contributed by atoms with E-state index < -0.39 is 5.97 Å². The first-order valence-corrected chi connectivity index (χ1v) is 7.20. The molecule has 21 heavy (non-hydrogen) atoms. The number of hydrogen-bond donors (Lipinski definition) is 1. The van der Waals surface area contributed by atoms with E-state index in [9.17, 15) is 4.79 Å². The van der Waals surface area contributed by atoms with Crippen molar-refractivity contribution in [1.82, 2.24) is 19.6 Å². The van der Waals surface area contributed by atoms with E-state index in [1.54, 1.807) is 0 Å². The molecule has 1 saturated heterocycles. The molecule has 6 nitrogen and oxygen atoms in total. The van der Waals surface area contributed by atoms with Crippen molar-refractivity contribution >= 4 is 16.9 Å². The van der Waals surface area contributed by atoms with Crippen molar-refractivity contribution in [3.63, 3.8) is 0 Å². The van der Waals surface area contributed by atoms with Crippen LogP contribution in [-0.4, -0.2) is 63.4 Å². The Morgan fingerprint density at radius 2 is 1.86 bits per heavy atom. The highest BCUT2D eigenvalue weighted by Crippen LogP contribution is 2.19. The third-order valence-electron chi connectivity index (χ3n) is 4.03. The topological polar surface area (TPSA) is 61.6 Å². The van der Waals surface area contributed by atoms with Gasteiger partial charge in [0, 0.05) is 45.2 Å². The second kappa shape index (κ2) is 5.83. The molecule has 0 amide bonds. The van der Waals surface area contributed by atoms with Gasteiger partial charge in [0.2, 0.25) is 0 Å². The van der Waals surface area contributed by atoms with Crippen molar-refractivity contribution in [3.8, 4) is 0 Å². The van der Waals surface area contributed by atoms with Crippen LogP contribution in [0.1, 0.15) is 5.69 Å². The molecule has 0 saturated carbocycles. The largest absolute Gasteiger partial charge is 0.480 e. The standard InChI is InChI=1S/C15H20N4O2/c1-17-14-5-3-2-4-12(14)13(16-17)10-18-6-8-19(9-7-18)11-15(20)21/h2-5H,6-11H2,1H3,(H,20,21). The van der Waals surface area contributed by atoms with Gasteiger partial charge in [-0.15, -0.1) is 0 Å². The lowest BCUT2D eigenvalue weighted by molar-refractivity contribution is -0.138. The predicted octanol–water partition coefficient (Wildman–Crippen LogP) is 0.776. The normalized spacial score (nSPS) is 17.4. The number of rotatable bonds is 4. The average Bonchev–Trinajstić information content (AvgIpc) is 2.78. The summed E-state index contributed by atoms with van der Waals surface area (Å²) in [5.41, 5.74) is 2.25. The lowest BCUT2D eigenvalue weighted by Crippen LogP contribution is -2.47. The van der Waals surface area contributed by atoms with Crippen LogP contribution in [0.5, 0.6) is 0 Å². The maximum Gasteiger partial charge on any atom is 0.317 e. The summed E-state index contributed by atoms with van der Waals surface area (Å²) in [5, 5.41) is 14.6. The first-order chi connectivity index (χ1) is 10.1. The summed E-state index contributed by atoms with van der Waals surface area (Å²) in [6.07, 6.45) is 0. The van der Waals surface area contributed by atoms with Crippen molar-refractivity contribution in [3.05, 3.63) is 30.0 Å². The number of carbonyl (C=O) groups is 1. The Morgan fingerprint density at radius 3 is 2.57 bits per heavy atom. The number of carboxylic acid groups (broad SMARTS) is 1. The molecule has 1 aliphatic rings. The van der Waals surface area contributed by atoms with E-state index in [-0.39, 0.29) is 6.54 Å². The minimum Gasteiger partial charge on any atom is -0.480 e. The van der Waals surface area contributed by atoms with E-state index in [1.165, 1.54) is 5.39 Å². The molecule has 6 heteroatoms. The number of aliphatic carboxylic acids is 1. The third-order valence-corrected chi connectivity index (χ3v) is 4.03. The van der Waals surface area contributed by atoms with Gasteiger partial charge < -0.3 is 5.11 Å². The Kier molecular flexibility index (Phi) is 3.90. The second-order valence-corrected chi connectivity index (χ2v) is 5.53. The lowest BCUT2D eigenvalue weighted by atomic mass is 10.2. The zero-order valence-electron chi connectivity index (χ0n) is 12.2. The van der Waals surface area contributed by atoms with Crippen LogP contribution in [-0.2, 0) is 18.4 Å². The molecule has 3 rings (SSSR count). The number of para-hydroxylation sites is 1. The van der Waals surface area contributed by atoms with Gasteiger partial charge in [0.25, 0.3) is 0 Å². The molecular formula is C15H20N4O2. The zero-order chi connectivity index (χ0) is 14.8. The van der Waals surface area contributed by atoms with Crippen molar-refractivity contribution in [2.75, 3.05) is 32.7 Å². The number of benzene rings is 1. The molecule has 0 aliphatic carbocycles. The molecule has 1 aliphatic heterocycles. The molecule has 112 valence electrons. The van der Waals surface area contributed by atoms with Gasteiger partial charge in [-0.1, -0.05) is 18.2 Å². The summed E-state index contributed by atoms with van der Waals surface area (Å²) in [5.74, 6) is -0.751. The molecule has 0 unspecified atom stereocenters. The van der Waals surface area contributed by atoms with E-state index >= 15 is 0 Å². The van der Waals surface area contributed by atoms with Gasteiger partial charge in [0.15, 0.2) is 0 Å². The Morgan fingerprint density at radius 1 is 1.19 bits per heavy atom. The minimum atomic E-state index is -0.751. The van der Waals surface area contributed by atoms with Gasteiger partial charge >= 0.3 is 5.97 Å². The monoisotopic (exact) mass is 288 g/mol. The van der Waals surface area contributed by atoms with Gasteiger partial charge in [-0.25, -0.2) is 0 Å². The molecule has 1 fully saturated rings. The first-order valence-electron chi connectivity index (χ1n) is 7.20. The van der Waals surface area contributed by atoms with Crippen LogP contribution in [0.4, 0.5) is 0 Å². The average molecular weight is 288 g/mol. The van der Waals surface area contributed by atoms with Crippen LogP contribution in [0.15, 0.2) is 24.3 Å². The fourth-order valence-electron chi connectivity index (χ4n) is 2.91. The number of piperazine rings is 1. The highest BCUT2D eigenvalue weighted by molar-refractivity contribution is 5.81. The van der Waals surface area contributed by atoms with E-state index in [4.69, 9.17) is 5.11 Å². The molecule has 2 heterocycles. The van der Waals surface area contributed by atoms with Crippen molar-refractivity contribution < 1.29 is 9.90 Å². The van der Waals surface area contributed by atoms with Gasteiger partial charge in [-0.05, 0) is 6.07 Å². The van der Waals surface area contributed by atoms with Crippen LogP contribution in [0.25, 0.3) is 10.9 Å². The molecule has 0 atom stereocenters. The van der Waals surface area contributed by atoms with Crippen molar-refractivity contribution in [2.45, 2.75) is 6.54 Å². The fraction of sp³-hybridized carbons (Fsp3) is 0.467. The lowest BCUT2D eigenvalue weighted by Gasteiger charge is -2.33. The summed E-state index contributed by atoms with van der Waals surface area (Å²) in [6, 6.07) is 8.26. The number of fused-ring (bicyclic) bond motifs is 1. The van der Waals surface area contributed by atoms with E-state index in [2.05, 4.69) is 22.1 Å². The van der Waals surface area contributed by atoms with Crippen molar-refractivity contribution in [1.29, 1.82) is 0 Å². The van der Waals surface area contributed by atoms with Crippen LogP contribution < -0.4 is 0 Å². The van der Waals surface area contributed by atoms with Gasteiger partial charge in [0.05, 0.1) is 17.8 Å². The Balaban J connectivity index is 1.66. The molecule has 0 bridgehead atoms. The highest BCUT2D eigenvalue weighted by atomic mass is 16.4. The number of hydrogen-bond acceptors (Lipinski definition) is 4. The SMILES string of the molecule is Cn1nc(CN2CCN(CC(=O)O)CC2)c2ccccc21. The Bertz CT molecular complexity index is 644. The fourth-order valence-corrected chi connectivity index (χ4v) is 2.91. The Hall–Kier alpha value is -1.92. The van der Waals surface area contributed by atoms with Crippen LogP contribution in [0.3, 0.4) is 0 Å². The maximum absolute atomic E-state index is 10.7. The number of aromatic nitrogens is 2. The molecule has 0 radical (unpaired) electrons. The molecule has 1 aromatic carbocycles. The number of carboxylic acids is 1. The van der Waals surface area contributed by atoms with E-state index in [0.717, 1.165) is 43.9 Å².